The molecule has 4 nitrogen and oxygen atoms in total. The van der Waals surface area contributed by atoms with Gasteiger partial charge in [0.25, 0.3) is 0 Å². The van der Waals surface area contributed by atoms with Crippen LogP contribution in [0.1, 0.15) is 39.5 Å². The van der Waals surface area contributed by atoms with Gasteiger partial charge in [-0.3, -0.25) is 4.52 Å². The first-order chi connectivity index (χ1) is 5.99. The maximum absolute atomic E-state index is 10.4. The van der Waals surface area contributed by atoms with Gasteiger partial charge in [-0.2, -0.15) is 0 Å². The molecule has 1 atom stereocenters. The maximum Gasteiger partial charge on any atom is 0.469 e. The second-order valence-corrected chi connectivity index (χ2v) is 4.44. The van der Waals surface area contributed by atoms with Gasteiger partial charge < -0.3 is 9.79 Å². The van der Waals surface area contributed by atoms with Crippen molar-refractivity contribution in [3.63, 3.8) is 0 Å². The number of hydrogen-bond donors (Lipinski definition) is 2. The van der Waals surface area contributed by atoms with Crippen LogP contribution in [0.4, 0.5) is 0 Å². The first-order valence-electron chi connectivity index (χ1n) is 4.69. The summed E-state index contributed by atoms with van der Waals surface area (Å²) in [6.45, 7) is 4.26. The average molecular weight is 354 g/mol. The average Bonchev–Trinajstić information content (AvgIpc) is 2.03. The molecular formula is C8H19NdO4P. The van der Waals surface area contributed by atoms with Gasteiger partial charge in [0.15, 0.2) is 0 Å². The van der Waals surface area contributed by atoms with E-state index in [0.29, 0.717) is 0 Å². The van der Waals surface area contributed by atoms with E-state index in [1.54, 1.807) is 0 Å². The molecule has 6 heteroatoms. The molecule has 84 valence electrons. The molecule has 0 aliphatic carbocycles. The standard InChI is InChI=1S/C8H19O4P.Nd/c1-3-5-6-8(4-2)7-12-13(9,10)11;/h8H,3-7H2,1-2H3,(H2,9,10,11);. The van der Waals surface area contributed by atoms with Crippen LogP contribution in [0, 0.1) is 46.8 Å². The van der Waals surface area contributed by atoms with Gasteiger partial charge >= 0.3 is 7.82 Å². The summed E-state index contributed by atoms with van der Waals surface area (Å²) in [4.78, 5) is 17.0. The quantitative estimate of drug-likeness (QED) is 0.689. The molecule has 0 rings (SSSR count). The van der Waals surface area contributed by atoms with Crippen molar-refractivity contribution in [3.05, 3.63) is 0 Å². The third kappa shape index (κ3) is 11.5. The van der Waals surface area contributed by atoms with Crippen LogP contribution in [0.3, 0.4) is 0 Å². The zero-order valence-corrected chi connectivity index (χ0v) is 12.9. The van der Waals surface area contributed by atoms with E-state index in [1.807, 2.05) is 6.92 Å². The summed E-state index contributed by atoms with van der Waals surface area (Å²) < 4.78 is 14.8. The summed E-state index contributed by atoms with van der Waals surface area (Å²) in [6, 6.07) is 0. The summed E-state index contributed by atoms with van der Waals surface area (Å²) in [5.74, 6) is 0.271. The Morgan fingerprint density at radius 2 is 1.93 bits per heavy atom. The minimum atomic E-state index is -4.26. The number of phosphoric ester groups is 1. The van der Waals surface area contributed by atoms with E-state index in [4.69, 9.17) is 9.79 Å². The van der Waals surface area contributed by atoms with Crippen LogP contribution in [0.25, 0.3) is 0 Å². The van der Waals surface area contributed by atoms with E-state index in [0.717, 1.165) is 25.7 Å². The van der Waals surface area contributed by atoms with Crippen molar-refractivity contribution in [1.29, 1.82) is 0 Å². The monoisotopic (exact) mass is 352 g/mol. The Bertz CT molecular complexity index is 171. The zero-order valence-electron chi connectivity index (χ0n) is 8.77. The molecule has 0 aliphatic rings. The number of rotatable bonds is 7. The second kappa shape index (κ2) is 9.67. The minimum absolute atomic E-state index is 0. The summed E-state index contributed by atoms with van der Waals surface area (Å²) in [5, 5.41) is 0. The second-order valence-electron chi connectivity index (χ2n) is 3.20. The van der Waals surface area contributed by atoms with Gasteiger partial charge in [0.1, 0.15) is 0 Å². The normalized spacial score (nSPS) is 13.4. The topological polar surface area (TPSA) is 66.8 Å². The van der Waals surface area contributed by atoms with Crippen molar-refractivity contribution in [1.82, 2.24) is 0 Å². The molecular weight excluding hydrogens is 335 g/mol. The Morgan fingerprint density at radius 3 is 2.29 bits per heavy atom. The number of phosphoric acid groups is 1. The fourth-order valence-electron chi connectivity index (χ4n) is 1.10. The summed E-state index contributed by atoms with van der Waals surface area (Å²) in [5.41, 5.74) is 0. The largest absolute Gasteiger partial charge is 0.469 e. The van der Waals surface area contributed by atoms with Crippen LogP contribution in [-0.2, 0) is 9.09 Å². The molecule has 0 aromatic rings. The molecule has 1 unspecified atom stereocenters. The molecule has 0 aliphatic heterocycles. The smallest absolute Gasteiger partial charge is 0.303 e. The van der Waals surface area contributed by atoms with Crippen LogP contribution in [0.5, 0.6) is 0 Å². The van der Waals surface area contributed by atoms with E-state index in [2.05, 4.69) is 11.4 Å². The SMILES string of the molecule is CCCCC(CC)COP(=O)(O)O.[Nd]. The van der Waals surface area contributed by atoms with Crippen molar-refractivity contribution in [2.24, 2.45) is 5.92 Å². The Hall–Kier alpha value is 1.46. The predicted molar refractivity (Wildman–Crippen MR) is 51.3 cm³/mol. The van der Waals surface area contributed by atoms with Crippen LogP contribution in [0.15, 0.2) is 0 Å². The van der Waals surface area contributed by atoms with Gasteiger partial charge in [-0.15, -0.1) is 0 Å². The van der Waals surface area contributed by atoms with Crippen LogP contribution in [-0.4, -0.2) is 16.4 Å². The van der Waals surface area contributed by atoms with Crippen LogP contribution >= 0.6 is 7.82 Å². The maximum atomic E-state index is 10.4. The minimum Gasteiger partial charge on any atom is -0.303 e. The molecule has 0 amide bonds. The fourth-order valence-corrected chi connectivity index (χ4v) is 1.51. The molecule has 0 aromatic heterocycles. The molecule has 2 N–H and O–H groups in total. The molecule has 14 heavy (non-hydrogen) atoms. The Kier molecular flexibility index (Phi) is 12.3. The molecule has 0 aromatic carbocycles. The molecule has 0 spiro atoms. The first-order valence-corrected chi connectivity index (χ1v) is 6.22. The fraction of sp³-hybridized carbons (Fsp3) is 1.00. The molecule has 0 fully saturated rings. The number of unbranched alkanes of at least 4 members (excludes halogenated alkanes) is 1. The Labute approximate surface area is 119 Å². The molecule has 0 saturated heterocycles. The van der Waals surface area contributed by atoms with Crippen molar-refractivity contribution >= 4 is 7.82 Å². The number of hydrogen-bond acceptors (Lipinski definition) is 2. The van der Waals surface area contributed by atoms with Gasteiger partial charge in [-0.1, -0.05) is 33.1 Å². The third-order valence-electron chi connectivity index (χ3n) is 2.02. The van der Waals surface area contributed by atoms with Crippen LogP contribution in [0.2, 0.25) is 0 Å². The van der Waals surface area contributed by atoms with Gasteiger partial charge in [0, 0.05) is 40.8 Å². The predicted octanol–water partition coefficient (Wildman–Crippen LogP) is 2.31. The van der Waals surface area contributed by atoms with Crippen molar-refractivity contribution in [2.45, 2.75) is 39.5 Å². The molecule has 0 radical (unpaired) electrons. The van der Waals surface area contributed by atoms with Gasteiger partial charge in [0.2, 0.25) is 0 Å². The Balaban J connectivity index is 0. The molecule has 0 bridgehead atoms. The van der Waals surface area contributed by atoms with E-state index >= 15 is 0 Å². The summed E-state index contributed by atoms with van der Waals surface area (Å²) in [7, 11) is -4.26. The van der Waals surface area contributed by atoms with Crippen molar-refractivity contribution < 1.29 is 59.7 Å². The van der Waals surface area contributed by atoms with Crippen molar-refractivity contribution in [2.75, 3.05) is 6.61 Å². The summed E-state index contributed by atoms with van der Waals surface area (Å²) in [6.07, 6.45) is 4.07. The van der Waals surface area contributed by atoms with Gasteiger partial charge in [0.05, 0.1) is 6.61 Å². The Morgan fingerprint density at radius 1 is 1.36 bits per heavy atom. The van der Waals surface area contributed by atoms with E-state index in [-0.39, 0.29) is 53.4 Å². The van der Waals surface area contributed by atoms with Gasteiger partial charge in [-0.25, -0.2) is 4.57 Å². The van der Waals surface area contributed by atoms with E-state index in [1.165, 1.54) is 0 Å². The first kappa shape index (κ1) is 17.8. The zero-order chi connectivity index (χ0) is 10.3. The molecule has 0 saturated carbocycles. The molecule has 0 heterocycles. The van der Waals surface area contributed by atoms with Crippen LogP contribution < -0.4 is 0 Å². The third-order valence-corrected chi connectivity index (χ3v) is 2.51. The van der Waals surface area contributed by atoms with Crippen molar-refractivity contribution in [3.8, 4) is 0 Å². The van der Waals surface area contributed by atoms with E-state index < -0.39 is 7.82 Å². The van der Waals surface area contributed by atoms with E-state index in [9.17, 15) is 4.57 Å². The van der Waals surface area contributed by atoms with Gasteiger partial charge in [-0.05, 0) is 12.3 Å². The summed E-state index contributed by atoms with van der Waals surface area (Å²) >= 11 is 0.